The molecule has 1 unspecified atom stereocenters. The van der Waals surface area contributed by atoms with Gasteiger partial charge in [-0.2, -0.15) is 0 Å². The number of hydrogen-bond donors (Lipinski definition) is 0. The lowest BCUT2D eigenvalue weighted by Gasteiger charge is -2.41. The number of rotatable bonds is 2. The molecule has 30 heavy (non-hydrogen) atoms. The van der Waals surface area contributed by atoms with Crippen molar-refractivity contribution in [2.75, 3.05) is 27.2 Å². The number of hydrogen-bond acceptors (Lipinski definition) is 4. The second-order valence-electron chi connectivity index (χ2n) is 8.68. The normalized spacial score (nSPS) is 24.0. The van der Waals surface area contributed by atoms with E-state index in [0.29, 0.717) is 10.9 Å². The maximum absolute atomic E-state index is 12.8. The smallest absolute Gasteiger partial charge is 0.242 e. The maximum atomic E-state index is 12.8. The number of ether oxygens (including phenoxy) is 1. The molecular formula is C24H28N2O3S. The maximum Gasteiger partial charge on any atom is 0.242 e. The van der Waals surface area contributed by atoms with Gasteiger partial charge in [-0.15, -0.1) is 0 Å². The third-order valence-electron chi connectivity index (χ3n) is 6.65. The molecule has 6 heteroatoms. The molecule has 2 saturated heterocycles. The van der Waals surface area contributed by atoms with Crippen LogP contribution >= 0.6 is 0 Å². The Morgan fingerprint density at radius 3 is 2.63 bits per heavy atom. The lowest BCUT2D eigenvalue weighted by Crippen LogP contribution is -2.43. The minimum atomic E-state index is -3.52. The Kier molecular flexibility index (Phi) is 4.96. The summed E-state index contributed by atoms with van der Waals surface area (Å²) in [5.74, 6) is 1.58. The van der Waals surface area contributed by atoms with Gasteiger partial charge in [0.25, 0.3) is 0 Å². The first-order valence-corrected chi connectivity index (χ1v) is 12.2. The summed E-state index contributed by atoms with van der Waals surface area (Å²) in [5, 5.41) is 0. The van der Waals surface area contributed by atoms with Crippen LogP contribution in [0, 0.1) is 0 Å². The van der Waals surface area contributed by atoms with E-state index in [1.807, 2.05) is 18.2 Å². The van der Waals surface area contributed by atoms with Crippen molar-refractivity contribution in [3.63, 3.8) is 0 Å². The van der Waals surface area contributed by atoms with E-state index in [1.165, 1.54) is 35.6 Å². The molecule has 0 bridgehead atoms. The van der Waals surface area contributed by atoms with Crippen molar-refractivity contribution in [3.8, 4) is 11.5 Å². The zero-order valence-corrected chi connectivity index (χ0v) is 18.4. The number of sulfonamides is 1. The van der Waals surface area contributed by atoms with E-state index in [-0.39, 0.29) is 0 Å². The zero-order valence-electron chi connectivity index (χ0n) is 17.6. The van der Waals surface area contributed by atoms with E-state index in [2.05, 4.69) is 11.0 Å². The standard InChI is InChI=1S/C24H28N2O3S/c1-25(2)30(27,28)19-12-13-23-21(15-19)24(20-8-3-4-9-22(20)29-23)17-10-11-18-7-5-6-14-26(18)16-17/h3-4,8-9,12-13,15,18H,5-7,10-11,14,16H2,1-2H3/b24-17+. The number of piperidine rings is 2. The minimum Gasteiger partial charge on any atom is -0.456 e. The van der Waals surface area contributed by atoms with Crippen LogP contribution in [-0.4, -0.2) is 50.8 Å². The highest BCUT2D eigenvalue weighted by Gasteiger charge is 2.32. The molecule has 5 nitrogen and oxygen atoms in total. The van der Waals surface area contributed by atoms with Gasteiger partial charge in [0.15, 0.2) is 0 Å². The van der Waals surface area contributed by atoms with Gasteiger partial charge < -0.3 is 4.74 Å². The average Bonchev–Trinajstić information content (AvgIpc) is 2.76. The summed E-state index contributed by atoms with van der Waals surface area (Å²) >= 11 is 0. The summed E-state index contributed by atoms with van der Waals surface area (Å²) in [6.45, 7) is 2.11. The van der Waals surface area contributed by atoms with Gasteiger partial charge in [-0.05, 0) is 67.6 Å². The monoisotopic (exact) mass is 424 g/mol. The highest BCUT2D eigenvalue weighted by atomic mass is 32.2. The molecule has 3 aliphatic heterocycles. The highest BCUT2D eigenvalue weighted by Crippen LogP contribution is 2.47. The fourth-order valence-electron chi connectivity index (χ4n) is 5.04. The van der Waals surface area contributed by atoms with E-state index >= 15 is 0 Å². The number of fused-ring (bicyclic) bond motifs is 3. The second kappa shape index (κ2) is 7.52. The van der Waals surface area contributed by atoms with E-state index in [9.17, 15) is 8.42 Å². The molecule has 3 aliphatic rings. The molecule has 0 amide bonds. The molecule has 0 spiro atoms. The fraction of sp³-hybridized carbons (Fsp3) is 0.417. The predicted octanol–water partition coefficient (Wildman–Crippen LogP) is 4.49. The molecule has 0 aromatic heterocycles. The Morgan fingerprint density at radius 1 is 1.00 bits per heavy atom. The zero-order chi connectivity index (χ0) is 20.9. The first-order chi connectivity index (χ1) is 14.4. The van der Waals surface area contributed by atoms with Crippen LogP contribution in [0.25, 0.3) is 5.57 Å². The molecule has 0 radical (unpaired) electrons. The van der Waals surface area contributed by atoms with Crippen LogP contribution in [0.4, 0.5) is 0 Å². The largest absolute Gasteiger partial charge is 0.456 e. The Bertz CT molecular complexity index is 1120. The van der Waals surface area contributed by atoms with Gasteiger partial charge in [0.1, 0.15) is 11.5 Å². The summed E-state index contributed by atoms with van der Waals surface area (Å²) in [6, 6.07) is 14.0. The van der Waals surface area contributed by atoms with Gasteiger partial charge in [0, 0.05) is 37.8 Å². The van der Waals surface area contributed by atoms with Crippen LogP contribution in [-0.2, 0) is 10.0 Å². The fourth-order valence-corrected chi connectivity index (χ4v) is 5.96. The summed E-state index contributed by atoms with van der Waals surface area (Å²) in [6.07, 6.45) is 6.12. The third-order valence-corrected chi connectivity index (χ3v) is 8.46. The first kappa shape index (κ1) is 19.8. The van der Waals surface area contributed by atoms with Crippen LogP contribution in [0.1, 0.15) is 43.2 Å². The number of nitrogens with zero attached hydrogens (tertiary/aromatic N) is 2. The predicted molar refractivity (Wildman–Crippen MR) is 118 cm³/mol. The van der Waals surface area contributed by atoms with E-state index < -0.39 is 10.0 Å². The Hall–Kier alpha value is -2.15. The topological polar surface area (TPSA) is 49.9 Å². The third kappa shape index (κ3) is 3.27. The molecule has 2 aromatic rings. The Morgan fingerprint density at radius 2 is 1.80 bits per heavy atom. The quantitative estimate of drug-likeness (QED) is 0.608. The number of benzene rings is 2. The summed E-state index contributed by atoms with van der Waals surface area (Å²) in [4.78, 5) is 2.92. The average molecular weight is 425 g/mol. The van der Waals surface area contributed by atoms with Crippen molar-refractivity contribution in [2.24, 2.45) is 0 Å². The van der Waals surface area contributed by atoms with Crippen molar-refractivity contribution >= 4 is 15.6 Å². The summed E-state index contributed by atoms with van der Waals surface area (Å²) in [7, 11) is -0.382. The molecule has 158 valence electrons. The molecule has 0 aliphatic carbocycles. The van der Waals surface area contributed by atoms with Crippen LogP contribution in [0.5, 0.6) is 11.5 Å². The Balaban J connectivity index is 1.67. The van der Waals surface area contributed by atoms with Crippen LogP contribution in [0.2, 0.25) is 0 Å². The molecule has 3 heterocycles. The van der Waals surface area contributed by atoms with Crippen molar-refractivity contribution < 1.29 is 13.2 Å². The number of para-hydroxylation sites is 1. The SMILES string of the molecule is CN(C)S(=O)(=O)c1ccc2c(c1)/C(=C1\CCC3CCCCN3C1)c1ccccc1O2. The molecular weight excluding hydrogens is 396 g/mol. The molecule has 5 rings (SSSR count). The second-order valence-corrected chi connectivity index (χ2v) is 10.8. The molecule has 0 saturated carbocycles. The van der Waals surface area contributed by atoms with E-state index in [4.69, 9.17) is 4.74 Å². The van der Waals surface area contributed by atoms with Gasteiger partial charge in [-0.3, -0.25) is 4.90 Å². The van der Waals surface area contributed by atoms with Crippen molar-refractivity contribution in [2.45, 2.75) is 43.0 Å². The lowest BCUT2D eigenvalue weighted by molar-refractivity contribution is 0.133. The van der Waals surface area contributed by atoms with Crippen molar-refractivity contribution in [3.05, 3.63) is 59.2 Å². The molecule has 0 N–H and O–H groups in total. The first-order valence-electron chi connectivity index (χ1n) is 10.8. The highest BCUT2D eigenvalue weighted by molar-refractivity contribution is 7.89. The lowest BCUT2D eigenvalue weighted by atomic mass is 9.83. The minimum absolute atomic E-state index is 0.305. The molecule has 1 atom stereocenters. The summed E-state index contributed by atoms with van der Waals surface area (Å²) < 4.78 is 33.0. The Labute approximate surface area is 179 Å². The van der Waals surface area contributed by atoms with Gasteiger partial charge in [0.2, 0.25) is 10.0 Å². The van der Waals surface area contributed by atoms with Crippen LogP contribution in [0.3, 0.4) is 0 Å². The van der Waals surface area contributed by atoms with Crippen molar-refractivity contribution in [1.82, 2.24) is 9.21 Å². The van der Waals surface area contributed by atoms with Gasteiger partial charge in [0.05, 0.1) is 4.90 Å². The molecule has 2 aromatic carbocycles. The van der Waals surface area contributed by atoms with Crippen LogP contribution < -0.4 is 4.74 Å². The van der Waals surface area contributed by atoms with Gasteiger partial charge in [-0.25, -0.2) is 12.7 Å². The summed E-state index contributed by atoms with van der Waals surface area (Å²) in [5.41, 5.74) is 4.51. The van der Waals surface area contributed by atoms with Crippen LogP contribution in [0.15, 0.2) is 52.9 Å². The van der Waals surface area contributed by atoms with Crippen molar-refractivity contribution in [1.29, 1.82) is 0 Å². The van der Waals surface area contributed by atoms with E-state index in [1.54, 1.807) is 32.3 Å². The van der Waals surface area contributed by atoms with Gasteiger partial charge >= 0.3 is 0 Å². The molecule has 2 fully saturated rings. The van der Waals surface area contributed by atoms with E-state index in [0.717, 1.165) is 47.7 Å². The van der Waals surface area contributed by atoms with Gasteiger partial charge in [-0.1, -0.05) is 24.6 Å².